The number of ether oxygens (including phenoxy) is 2. The molecule has 2 fully saturated rings. The minimum absolute atomic E-state index is 0.00208. The van der Waals surface area contributed by atoms with E-state index in [0.29, 0.717) is 5.39 Å². The van der Waals surface area contributed by atoms with Gasteiger partial charge in [0.1, 0.15) is 48.4 Å². The van der Waals surface area contributed by atoms with E-state index in [9.17, 15) is 38.8 Å². The van der Waals surface area contributed by atoms with Gasteiger partial charge in [-0.25, -0.2) is 29.1 Å². The number of imidazole rings is 1. The van der Waals surface area contributed by atoms with Crippen LogP contribution in [0.15, 0.2) is 36.0 Å². The lowest BCUT2D eigenvalue weighted by Crippen LogP contribution is -2.36. The molecular weight excluding hydrogens is 634 g/mol. The first kappa shape index (κ1) is 30.8. The number of anilines is 1. The van der Waals surface area contributed by atoms with Crippen LogP contribution in [0.2, 0.25) is 0 Å². The molecule has 0 spiro atoms. The Morgan fingerprint density at radius 1 is 1.02 bits per heavy atom. The summed E-state index contributed by atoms with van der Waals surface area (Å²) in [5.74, 6) is 0.133. The van der Waals surface area contributed by atoms with Crippen LogP contribution in [0.25, 0.3) is 22.2 Å². The van der Waals surface area contributed by atoms with Gasteiger partial charge >= 0.3 is 15.6 Å². The number of nitrogens with one attached hydrogen (secondary N) is 1. The number of aliphatic hydroxyl groups is 2. The summed E-state index contributed by atoms with van der Waals surface area (Å²) in [6.45, 7) is -1.50. The number of nitrogens with zero attached hydrogens (tertiary/aromatic N) is 6. The summed E-state index contributed by atoms with van der Waals surface area (Å²) in [5.41, 5.74) is 5.86. The predicted octanol–water partition coefficient (Wildman–Crippen LogP) is -1.34. The number of nitrogen functional groups attached to an aromatic ring is 1. The highest BCUT2D eigenvalue weighted by Crippen LogP contribution is 2.50. The summed E-state index contributed by atoms with van der Waals surface area (Å²) < 4.78 is 53.4. The minimum Gasteiger partial charge on any atom is -0.390 e. The van der Waals surface area contributed by atoms with Crippen molar-refractivity contribution in [3.8, 4) is 0 Å². The third-order valence-corrected chi connectivity index (χ3v) is 8.54. The summed E-state index contributed by atoms with van der Waals surface area (Å²) in [5, 5.41) is 22.0. The van der Waals surface area contributed by atoms with Crippen molar-refractivity contribution < 1.29 is 57.1 Å². The normalized spacial score (nSPS) is 29.1. The van der Waals surface area contributed by atoms with Crippen molar-refractivity contribution in [2.75, 3.05) is 18.9 Å². The molecular formula is C21H26N8O13P2. The Labute approximate surface area is 245 Å². The average Bonchev–Trinajstić information content (AvgIpc) is 3.72. The summed E-state index contributed by atoms with van der Waals surface area (Å²) in [4.78, 5) is 59.3. The Morgan fingerprint density at radius 2 is 1.80 bits per heavy atom. The standard InChI is InChI=1S/C21H26N8O13P2/c22-17-9-1-2-28(18(9)24-6-23-17)21-15(31)16(12(41-21)5-38-43(33,34)35)42-44(36,37)39-4-11-10(30)3-13(40-11)29-8-27-14-19(29)25-7-26-20(14)32/h1-2,6-8,10-13,15-16,21,30-31H,3-5H2,(H,36,37)(H2,22,23,24)(H,25,26,32)(H2,33,34,35)/t10-,11+,12+,13+,15+,16?,21+/m0/s1. The number of phosphoric ester groups is 2. The van der Waals surface area contributed by atoms with Gasteiger partial charge in [-0.15, -0.1) is 0 Å². The highest BCUT2D eigenvalue weighted by Gasteiger charge is 2.50. The summed E-state index contributed by atoms with van der Waals surface area (Å²) in [6.07, 6.45) is -4.27. The molecule has 0 radical (unpaired) electrons. The Balaban J connectivity index is 1.16. The third-order valence-electron chi connectivity index (χ3n) is 7.07. The third kappa shape index (κ3) is 6.05. The molecule has 0 bridgehead atoms. The lowest BCUT2D eigenvalue weighted by molar-refractivity contribution is -0.0550. The smallest absolute Gasteiger partial charge is 0.390 e. The molecule has 0 saturated carbocycles. The van der Waals surface area contributed by atoms with E-state index in [-0.39, 0.29) is 29.0 Å². The second kappa shape index (κ2) is 11.6. The van der Waals surface area contributed by atoms with Gasteiger partial charge in [0.15, 0.2) is 17.4 Å². The van der Waals surface area contributed by atoms with Crippen molar-refractivity contribution >= 4 is 43.7 Å². The number of fused-ring (bicyclic) bond motifs is 2. The molecule has 4 aromatic heterocycles. The average molecular weight is 660 g/mol. The lowest BCUT2D eigenvalue weighted by Gasteiger charge is -2.24. The van der Waals surface area contributed by atoms with Crippen LogP contribution in [0, 0.1) is 0 Å². The van der Waals surface area contributed by atoms with Gasteiger partial charge in [-0.3, -0.25) is 22.9 Å². The molecule has 2 aliphatic heterocycles. The van der Waals surface area contributed by atoms with Crippen molar-refractivity contribution in [1.82, 2.24) is 34.1 Å². The second-order valence-corrected chi connectivity index (χ2v) is 12.5. The molecule has 2 aliphatic rings. The van der Waals surface area contributed by atoms with Gasteiger partial charge < -0.3 is 49.7 Å². The van der Waals surface area contributed by atoms with Crippen LogP contribution < -0.4 is 11.3 Å². The van der Waals surface area contributed by atoms with Crippen molar-refractivity contribution in [3.63, 3.8) is 0 Å². The monoisotopic (exact) mass is 660 g/mol. The maximum atomic E-state index is 13.0. The van der Waals surface area contributed by atoms with Crippen molar-refractivity contribution in [2.24, 2.45) is 0 Å². The molecule has 6 rings (SSSR count). The van der Waals surface area contributed by atoms with Gasteiger partial charge in [0, 0.05) is 12.6 Å². The van der Waals surface area contributed by atoms with Gasteiger partial charge in [-0.2, -0.15) is 0 Å². The fourth-order valence-electron chi connectivity index (χ4n) is 5.04. The molecule has 6 heterocycles. The molecule has 0 amide bonds. The number of rotatable bonds is 10. The van der Waals surface area contributed by atoms with Crippen LogP contribution in [0.1, 0.15) is 18.9 Å². The quantitative estimate of drug-likeness (QED) is 0.0968. The maximum absolute atomic E-state index is 13.0. The van der Waals surface area contributed by atoms with Crippen molar-refractivity contribution in [2.45, 2.75) is 49.4 Å². The van der Waals surface area contributed by atoms with Crippen LogP contribution >= 0.6 is 15.6 Å². The number of H-pyrrole nitrogens is 1. The van der Waals surface area contributed by atoms with Crippen LogP contribution in [-0.4, -0.2) is 103 Å². The fraction of sp³-hybridized carbons (Fsp3) is 0.476. The van der Waals surface area contributed by atoms with E-state index in [4.69, 9.17) is 24.3 Å². The van der Waals surface area contributed by atoms with Crippen molar-refractivity contribution in [1.29, 1.82) is 0 Å². The zero-order valence-electron chi connectivity index (χ0n) is 22.2. The number of hydrogen-bond acceptors (Lipinski definition) is 15. The highest BCUT2D eigenvalue weighted by molar-refractivity contribution is 7.47. The Kier molecular flexibility index (Phi) is 8.16. The van der Waals surface area contributed by atoms with Crippen LogP contribution in [-0.2, 0) is 32.2 Å². The molecule has 21 nitrogen and oxygen atoms in total. The molecule has 2 unspecified atom stereocenters. The van der Waals surface area contributed by atoms with Crippen molar-refractivity contribution in [3.05, 3.63) is 41.6 Å². The summed E-state index contributed by atoms with van der Waals surface area (Å²) in [6, 6.07) is 1.54. The molecule has 238 valence electrons. The summed E-state index contributed by atoms with van der Waals surface area (Å²) >= 11 is 0. The first-order valence-electron chi connectivity index (χ1n) is 12.8. The van der Waals surface area contributed by atoms with E-state index in [1.54, 1.807) is 0 Å². The molecule has 44 heavy (non-hydrogen) atoms. The van der Waals surface area contributed by atoms with Gasteiger partial charge in [0.25, 0.3) is 5.56 Å². The van der Waals surface area contributed by atoms with Gasteiger partial charge in [-0.05, 0) is 6.07 Å². The first-order chi connectivity index (χ1) is 20.8. The van der Waals surface area contributed by atoms with E-state index in [0.717, 1.165) is 0 Å². The lowest BCUT2D eigenvalue weighted by atomic mass is 10.1. The largest absolute Gasteiger partial charge is 0.472 e. The number of nitrogens with two attached hydrogens (primary N) is 1. The SMILES string of the molecule is Nc1ncnc2c1ccn2[C@@H]1O[C@H](COP(=O)(O)O)C(OP(=O)(O)OC[C@H]2O[C@@H](n3cnc4c(=O)[nH]cnc43)C[C@@H]2O)[C@H]1O. The predicted molar refractivity (Wildman–Crippen MR) is 143 cm³/mol. The van der Waals surface area contributed by atoms with Gasteiger partial charge in [-0.1, -0.05) is 0 Å². The van der Waals surface area contributed by atoms with E-state index >= 15 is 0 Å². The number of hydrogen-bond donors (Lipinski definition) is 7. The number of aromatic amines is 1. The summed E-state index contributed by atoms with van der Waals surface area (Å²) in [7, 11) is -10.1. The first-order valence-corrected chi connectivity index (χ1v) is 15.8. The van der Waals surface area contributed by atoms with Gasteiger partial charge in [0.05, 0.1) is 37.4 Å². The molecule has 4 aromatic rings. The zero-order chi connectivity index (χ0) is 31.4. The van der Waals surface area contributed by atoms with E-state index in [2.05, 4.69) is 29.4 Å². The molecule has 0 aliphatic carbocycles. The molecule has 8 atom stereocenters. The molecule has 8 N–H and O–H groups in total. The number of phosphoric acid groups is 2. The molecule has 0 aromatic carbocycles. The van der Waals surface area contributed by atoms with Crippen LogP contribution in [0.3, 0.4) is 0 Å². The Hall–Kier alpha value is -3.17. The molecule has 2 saturated heterocycles. The number of aliphatic hydroxyl groups excluding tert-OH is 2. The fourth-order valence-corrected chi connectivity index (χ4v) is 6.35. The van der Waals surface area contributed by atoms with Gasteiger partial charge in [0.2, 0.25) is 0 Å². The number of aromatic nitrogens is 7. The van der Waals surface area contributed by atoms with Crippen LogP contribution in [0.4, 0.5) is 5.82 Å². The minimum atomic E-state index is -5.06. The van der Waals surface area contributed by atoms with E-state index in [1.807, 2.05) is 0 Å². The molecule has 23 heteroatoms. The topological polar surface area (TPSA) is 302 Å². The maximum Gasteiger partial charge on any atom is 0.472 e. The Morgan fingerprint density at radius 3 is 2.57 bits per heavy atom. The van der Waals surface area contributed by atoms with Crippen LogP contribution in [0.5, 0.6) is 0 Å². The highest BCUT2D eigenvalue weighted by atomic mass is 31.2. The van der Waals surface area contributed by atoms with E-state index in [1.165, 1.54) is 40.4 Å². The van der Waals surface area contributed by atoms with E-state index < -0.39 is 77.4 Å². The Bertz CT molecular complexity index is 1830. The zero-order valence-corrected chi connectivity index (χ0v) is 24.0. The second-order valence-electron chi connectivity index (χ2n) is 9.88.